The second-order valence-corrected chi connectivity index (χ2v) is 6.55. The van der Waals surface area contributed by atoms with Gasteiger partial charge in [0.25, 0.3) is 5.56 Å². The Morgan fingerprint density at radius 3 is 2.56 bits per heavy atom. The SMILES string of the molecule is COc1cc(CNC(=O)C2CCN(c3cnn(C)c(=O)c3)C2)cc(OC)c1. The summed E-state index contributed by atoms with van der Waals surface area (Å²) in [6, 6.07) is 7.08. The molecule has 0 bridgehead atoms. The molecule has 1 aromatic heterocycles. The van der Waals surface area contributed by atoms with E-state index in [-0.39, 0.29) is 17.4 Å². The molecule has 0 radical (unpaired) electrons. The third-order valence-corrected chi connectivity index (χ3v) is 4.76. The highest BCUT2D eigenvalue weighted by Gasteiger charge is 2.28. The van der Waals surface area contributed by atoms with Crippen LogP contribution >= 0.6 is 0 Å². The molecule has 1 aromatic carbocycles. The molecular weight excluding hydrogens is 348 g/mol. The highest BCUT2D eigenvalue weighted by Crippen LogP contribution is 2.24. The molecule has 1 N–H and O–H groups in total. The number of anilines is 1. The first-order valence-electron chi connectivity index (χ1n) is 8.78. The smallest absolute Gasteiger partial charge is 0.268 e. The Kier molecular flexibility index (Phi) is 5.63. The number of amides is 1. The van der Waals surface area contributed by atoms with Crippen LogP contribution in [0.15, 0.2) is 35.3 Å². The lowest BCUT2D eigenvalue weighted by atomic mass is 10.1. The number of nitrogens with zero attached hydrogens (tertiary/aromatic N) is 3. The molecule has 8 nitrogen and oxygen atoms in total. The Bertz CT molecular complexity index is 858. The molecular formula is C19H24N4O4. The predicted molar refractivity (Wildman–Crippen MR) is 101 cm³/mol. The number of nitrogens with one attached hydrogen (secondary N) is 1. The van der Waals surface area contributed by atoms with Crippen LogP contribution in [-0.2, 0) is 18.4 Å². The summed E-state index contributed by atoms with van der Waals surface area (Å²) in [6.45, 7) is 1.69. The van der Waals surface area contributed by atoms with Crippen molar-refractivity contribution in [2.45, 2.75) is 13.0 Å². The zero-order chi connectivity index (χ0) is 19.4. The van der Waals surface area contributed by atoms with Crippen LogP contribution in [0.1, 0.15) is 12.0 Å². The molecule has 2 heterocycles. The summed E-state index contributed by atoms with van der Waals surface area (Å²) < 4.78 is 11.8. The summed E-state index contributed by atoms with van der Waals surface area (Å²) in [6.07, 6.45) is 2.40. The Labute approximate surface area is 157 Å². The standard InChI is InChI=1S/C19H24N4O4/c1-22-18(24)8-15(11-21-22)23-5-4-14(12-23)19(25)20-10-13-6-16(26-2)9-17(7-13)27-3/h6-9,11,14H,4-5,10,12H2,1-3H3,(H,20,25). The van der Waals surface area contributed by atoms with E-state index in [4.69, 9.17) is 9.47 Å². The van der Waals surface area contributed by atoms with Gasteiger partial charge in [-0.2, -0.15) is 5.10 Å². The van der Waals surface area contributed by atoms with Gasteiger partial charge in [-0.3, -0.25) is 9.59 Å². The van der Waals surface area contributed by atoms with Crippen molar-refractivity contribution in [2.75, 3.05) is 32.2 Å². The molecule has 0 spiro atoms. The van der Waals surface area contributed by atoms with Crippen LogP contribution in [0.5, 0.6) is 11.5 Å². The average molecular weight is 372 g/mol. The quantitative estimate of drug-likeness (QED) is 0.812. The summed E-state index contributed by atoms with van der Waals surface area (Å²) in [5, 5.41) is 7.02. The van der Waals surface area contributed by atoms with E-state index in [1.54, 1.807) is 39.6 Å². The number of hydrogen-bond acceptors (Lipinski definition) is 6. The number of aromatic nitrogens is 2. The summed E-state index contributed by atoms with van der Waals surface area (Å²) in [5.41, 5.74) is 1.50. The normalized spacial score (nSPS) is 16.3. The number of aryl methyl sites for hydroxylation is 1. The van der Waals surface area contributed by atoms with Crippen LogP contribution in [0.25, 0.3) is 0 Å². The van der Waals surface area contributed by atoms with Crippen molar-refractivity contribution in [3.05, 3.63) is 46.4 Å². The van der Waals surface area contributed by atoms with E-state index < -0.39 is 0 Å². The Balaban J connectivity index is 1.59. The van der Waals surface area contributed by atoms with Crippen molar-refractivity contribution in [3.8, 4) is 11.5 Å². The van der Waals surface area contributed by atoms with Crippen molar-refractivity contribution in [3.63, 3.8) is 0 Å². The number of methoxy groups -OCH3 is 2. The van der Waals surface area contributed by atoms with E-state index in [0.29, 0.717) is 24.6 Å². The van der Waals surface area contributed by atoms with Gasteiger partial charge in [0.2, 0.25) is 5.91 Å². The zero-order valence-electron chi connectivity index (χ0n) is 15.8. The number of benzene rings is 1. The highest BCUT2D eigenvalue weighted by atomic mass is 16.5. The number of carbonyl (C=O) groups is 1. The van der Waals surface area contributed by atoms with Crippen LogP contribution in [0.3, 0.4) is 0 Å². The largest absolute Gasteiger partial charge is 0.497 e. The van der Waals surface area contributed by atoms with Crippen molar-refractivity contribution in [1.82, 2.24) is 15.1 Å². The van der Waals surface area contributed by atoms with E-state index in [1.165, 1.54) is 4.68 Å². The van der Waals surface area contributed by atoms with Crippen LogP contribution in [0, 0.1) is 5.92 Å². The Morgan fingerprint density at radius 1 is 1.22 bits per heavy atom. The minimum atomic E-state index is -0.160. The van der Waals surface area contributed by atoms with Crippen LogP contribution < -0.4 is 25.2 Å². The van der Waals surface area contributed by atoms with Crippen LogP contribution in [0.4, 0.5) is 5.69 Å². The lowest BCUT2D eigenvalue weighted by Gasteiger charge is -2.18. The number of carbonyl (C=O) groups excluding carboxylic acids is 1. The lowest BCUT2D eigenvalue weighted by molar-refractivity contribution is -0.124. The van der Waals surface area contributed by atoms with E-state index in [1.807, 2.05) is 17.0 Å². The number of rotatable bonds is 6. The van der Waals surface area contributed by atoms with Crippen molar-refractivity contribution < 1.29 is 14.3 Å². The molecule has 8 heteroatoms. The fourth-order valence-corrected chi connectivity index (χ4v) is 3.14. The molecule has 1 saturated heterocycles. The fourth-order valence-electron chi connectivity index (χ4n) is 3.14. The summed E-state index contributed by atoms with van der Waals surface area (Å²) in [5.74, 6) is 1.24. The van der Waals surface area contributed by atoms with E-state index in [0.717, 1.165) is 24.2 Å². The number of ether oxygens (including phenoxy) is 2. The van der Waals surface area contributed by atoms with Crippen molar-refractivity contribution >= 4 is 11.6 Å². The van der Waals surface area contributed by atoms with E-state index >= 15 is 0 Å². The molecule has 1 unspecified atom stereocenters. The molecule has 0 saturated carbocycles. The maximum absolute atomic E-state index is 12.5. The topological polar surface area (TPSA) is 85.7 Å². The third kappa shape index (κ3) is 4.39. The predicted octanol–water partition coefficient (Wildman–Crippen LogP) is 0.940. The molecule has 0 aliphatic carbocycles. The van der Waals surface area contributed by atoms with Gasteiger partial charge in [-0.25, -0.2) is 4.68 Å². The average Bonchev–Trinajstić information content (AvgIpc) is 3.18. The third-order valence-electron chi connectivity index (χ3n) is 4.76. The van der Waals surface area contributed by atoms with Crippen LogP contribution in [0.2, 0.25) is 0 Å². The molecule has 1 aliphatic rings. The van der Waals surface area contributed by atoms with Gasteiger partial charge in [0.05, 0.1) is 32.0 Å². The highest BCUT2D eigenvalue weighted by molar-refractivity contribution is 5.80. The van der Waals surface area contributed by atoms with Gasteiger partial charge in [-0.1, -0.05) is 0 Å². The molecule has 2 aromatic rings. The zero-order valence-corrected chi connectivity index (χ0v) is 15.8. The van der Waals surface area contributed by atoms with Gasteiger partial charge in [-0.05, 0) is 24.1 Å². The molecule has 1 atom stereocenters. The maximum Gasteiger partial charge on any atom is 0.268 e. The first kappa shape index (κ1) is 18.8. The van der Waals surface area contributed by atoms with Gasteiger partial charge >= 0.3 is 0 Å². The second-order valence-electron chi connectivity index (χ2n) is 6.55. The molecule has 1 aliphatic heterocycles. The second kappa shape index (κ2) is 8.11. The lowest BCUT2D eigenvalue weighted by Crippen LogP contribution is -2.32. The molecule has 3 rings (SSSR count). The van der Waals surface area contributed by atoms with Gasteiger partial charge in [-0.15, -0.1) is 0 Å². The van der Waals surface area contributed by atoms with Gasteiger partial charge < -0.3 is 19.7 Å². The maximum atomic E-state index is 12.5. The van der Waals surface area contributed by atoms with Crippen molar-refractivity contribution in [2.24, 2.45) is 13.0 Å². The first-order valence-corrected chi connectivity index (χ1v) is 8.78. The minimum absolute atomic E-state index is 0.00363. The first-order chi connectivity index (χ1) is 13.0. The molecule has 1 fully saturated rings. The van der Waals surface area contributed by atoms with Crippen LogP contribution in [-0.4, -0.2) is 43.0 Å². The fraction of sp³-hybridized carbons (Fsp3) is 0.421. The van der Waals surface area contributed by atoms with Gasteiger partial charge in [0, 0.05) is 38.8 Å². The van der Waals surface area contributed by atoms with E-state index in [9.17, 15) is 9.59 Å². The van der Waals surface area contributed by atoms with Gasteiger partial charge in [0.15, 0.2) is 0 Å². The molecule has 1 amide bonds. The summed E-state index contributed by atoms with van der Waals surface area (Å²) in [7, 11) is 4.80. The minimum Gasteiger partial charge on any atom is -0.497 e. The van der Waals surface area contributed by atoms with E-state index in [2.05, 4.69) is 10.4 Å². The Morgan fingerprint density at radius 2 is 1.93 bits per heavy atom. The van der Waals surface area contributed by atoms with Crippen molar-refractivity contribution in [1.29, 1.82) is 0 Å². The summed E-state index contributed by atoms with van der Waals surface area (Å²) >= 11 is 0. The summed E-state index contributed by atoms with van der Waals surface area (Å²) in [4.78, 5) is 26.3. The molecule has 144 valence electrons. The Hall–Kier alpha value is -3.03. The molecule has 27 heavy (non-hydrogen) atoms. The monoisotopic (exact) mass is 372 g/mol. The van der Waals surface area contributed by atoms with Gasteiger partial charge in [0.1, 0.15) is 11.5 Å². The number of hydrogen-bond donors (Lipinski definition) is 1.